The van der Waals surface area contributed by atoms with Crippen LogP contribution in [0.5, 0.6) is 0 Å². The van der Waals surface area contributed by atoms with Gasteiger partial charge in [0.2, 0.25) is 11.8 Å². The highest BCUT2D eigenvalue weighted by Crippen LogP contribution is 2.22. The molecular weight excluding hydrogens is 186 g/mol. The zero-order valence-electron chi connectivity index (χ0n) is 8.11. The summed E-state index contributed by atoms with van der Waals surface area (Å²) in [6.45, 7) is 6.03. The average Bonchev–Trinajstić information content (AvgIpc) is 2.50. The third-order valence-electron chi connectivity index (χ3n) is 1.60. The Morgan fingerprint density at radius 2 is 2.08 bits per heavy atom. The van der Waals surface area contributed by atoms with Crippen LogP contribution < -0.4 is 5.73 Å². The van der Waals surface area contributed by atoms with Gasteiger partial charge in [-0.05, 0) is 0 Å². The lowest BCUT2D eigenvalue weighted by atomic mass is 9.97. The van der Waals surface area contributed by atoms with Gasteiger partial charge in [0.05, 0.1) is 6.04 Å². The van der Waals surface area contributed by atoms with Gasteiger partial charge >= 0.3 is 0 Å². The van der Waals surface area contributed by atoms with Crippen LogP contribution in [0.3, 0.4) is 0 Å². The molecule has 0 fully saturated rings. The minimum Gasteiger partial charge on any atom is -0.423 e. The monoisotopic (exact) mass is 201 g/mol. The van der Waals surface area contributed by atoms with Gasteiger partial charge < -0.3 is 10.2 Å². The van der Waals surface area contributed by atoms with E-state index in [9.17, 15) is 0 Å². The SMILES string of the molecule is CC(C)(C)c1nnc(C(N)CS)o1. The molecule has 5 heteroatoms. The van der Waals surface area contributed by atoms with E-state index < -0.39 is 0 Å². The van der Waals surface area contributed by atoms with E-state index in [1.807, 2.05) is 20.8 Å². The molecule has 0 bridgehead atoms. The number of thiol groups is 1. The van der Waals surface area contributed by atoms with Crippen LogP contribution >= 0.6 is 12.6 Å². The van der Waals surface area contributed by atoms with Crippen molar-refractivity contribution in [2.75, 3.05) is 5.75 Å². The van der Waals surface area contributed by atoms with Crippen LogP contribution in [-0.2, 0) is 5.41 Å². The van der Waals surface area contributed by atoms with E-state index in [0.717, 1.165) is 0 Å². The molecule has 0 radical (unpaired) electrons. The van der Waals surface area contributed by atoms with Gasteiger partial charge in [-0.1, -0.05) is 20.8 Å². The fourth-order valence-corrected chi connectivity index (χ4v) is 0.922. The van der Waals surface area contributed by atoms with Crippen molar-refractivity contribution in [3.8, 4) is 0 Å². The van der Waals surface area contributed by atoms with Crippen molar-refractivity contribution >= 4 is 12.6 Å². The van der Waals surface area contributed by atoms with Crippen LogP contribution in [0.15, 0.2) is 4.42 Å². The van der Waals surface area contributed by atoms with E-state index in [1.165, 1.54) is 0 Å². The standard InChI is InChI=1S/C8H15N3OS/c1-8(2,3)7-11-10-6(12-7)5(9)4-13/h5,13H,4,9H2,1-3H3. The summed E-state index contributed by atoms with van der Waals surface area (Å²) in [5, 5.41) is 7.79. The molecule has 1 aromatic rings. The zero-order valence-corrected chi connectivity index (χ0v) is 9.01. The second-order valence-electron chi connectivity index (χ2n) is 3.98. The molecule has 0 saturated heterocycles. The molecule has 4 nitrogen and oxygen atoms in total. The van der Waals surface area contributed by atoms with E-state index in [2.05, 4.69) is 22.8 Å². The molecule has 13 heavy (non-hydrogen) atoms. The fourth-order valence-electron chi connectivity index (χ4n) is 0.766. The molecule has 1 atom stereocenters. The van der Waals surface area contributed by atoms with Crippen LogP contribution in [-0.4, -0.2) is 16.0 Å². The summed E-state index contributed by atoms with van der Waals surface area (Å²) in [6.07, 6.45) is 0. The first-order valence-electron chi connectivity index (χ1n) is 4.15. The van der Waals surface area contributed by atoms with E-state index in [-0.39, 0.29) is 11.5 Å². The van der Waals surface area contributed by atoms with Crippen molar-refractivity contribution in [3.05, 3.63) is 11.8 Å². The van der Waals surface area contributed by atoms with Crippen LogP contribution in [0.1, 0.15) is 38.6 Å². The Morgan fingerprint density at radius 3 is 2.46 bits per heavy atom. The molecule has 0 saturated carbocycles. The highest BCUT2D eigenvalue weighted by Gasteiger charge is 2.22. The van der Waals surface area contributed by atoms with Gasteiger partial charge in [0.25, 0.3) is 0 Å². The molecule has 1 aromatic heterocycles. The smallest absolute Gasteiger partial charge is 0.234 e. The molecule has 1 unspecified atom stereocenters. The lowest BCUT2D eigenvalue weighted by molar-refractivity contribution is 0.362. The Morgan fingerprint density at radius 1 is 1.46 bits per heavy atom. The molecule has 0 spiro atoms. The van der Waals surface area contributed by atoms with Gasteiger partial charge in [-0.2, -0.15) is 12.6 Å². The van der Waals surface area contributed by atoms with Gasteiger partial charge in [0.1, 0.15) is 0 Å². The van der Waals surface area contributed by atoms with Crippen LogP contribution in [0.25, 0.3) is 0 Å². The molecule has 1 rings (SSSR count). The first kappa shape index (κ1) is 10.5. The second kappa shape index (κ2) is 3.67. The largest absolute Gasteiger partial charge is 0.423 e. The Kier molecular flexibility index (Phi) is 2.98. The minimum atomic E-state index is -0.271. The Bertz CT molecular complexity index is 279. The van der Waals surface area contributed by atoms with Crippen molar-refractivity contribution in [1.29, 1.82) is 0 Å². The highest BCUT2D eigenvalue weighted by molar-refractivity contribution is 7.80. The number of aromatic nitrogens is 2. The summed E-state index contributed by atoms with van der Waals surface area (Å²) in [4.78, 5) is 0. The Balaban J connectivity index is 2.87. The molecule has 1 heterocycles. The number of nitrogens with zero attached hydrogens (tertiary/aromatic N) is 2. The molecular formula is C8H15N3OS. The molecule has 0 amide bonds. The van der Waals surface area contributed by atoms with Crippen molar-refractivity contribution < 1.29 is 4.42 Å². The fraction of sp³-hybridized carbons (Fsp3) is 0.750. The minimum absolute atomic E-state index is 0.123. The number of nitrogens with two attached hydrogens (primary N) is 1. The molecule has 0 aliphatic rings. The maximum Gasteiger partial charge on any atom is 0.234 e. The lowest BCUT2D eigenvalue weighted by Gasteiger charge is -2.11. The normalized spacial score (nSPS) is 14.5. The summed E-state index contributed by atoms with van der Waals surface area (Å²) in [7, 11) is 0. The third-order valence-corrected chi connectivity index (χ3v) is 1.99. The molecule has 74 valence electrons. The van der Waals surface area contributed by atoms with Crippen molar-refractivity contribution in [3.63, 3.8) is 0 Å². The zero-order chi connectivity index (χ0) is 10.1. The van der Waals surface area contributed by atoms with Crippen molar-refractivity contribution in [2.24, 2.45) is 5.73 Å². The Hall–Kier alpha value is -0.550. The maximum atomic E-state index is 5.68. The number of rotatable bonds is 2. The quantitative estimate of drug-likeness (QED) is 0.708. The molecule has 2 N–H and O–H groups in total. The summed E-state index contributed by atoms with van der Waals surface area (Å²) < 4.78 is 5.40. The third kappa shape index (κ3) is 2.45. The van der Waals surface area contributed by atoms with Crippen molar-refractivity contribution in [1.82, 2.24) is 10.2 Å². The average molecular weight is 201 g/mol. The lowest BCUT2D eigenvalue weighted by Crippen LogP contribution is -2.12. The van der Waals surface area contributed by atoms with Crippen LogP contribution in [0.2, 0.25) is 0 Å². The summed E-state index contributed by atoms with van der Waals surface area (Å²) in [6, 6.07) is -0.271. The summed E-state index contributed by atoms with van der Waals surface area (Å²) in [5.41, 5.74) is 5.55. The van der Waals surface area contributed by atoms with Gasteiger partial charge in [-0.15, -0.1) is 10.2 Å². The van der Waals surface area contributed by atoms with E-state index in [4.69, 9.17) is 10.2 Å². The summed E-state index contributed by atoms with van der Waals surface area (Å²) in [5.74, 6) is 1.57. The van der Waals surface area contributed by atoms with Gasteiger partial charge in [0.15, 0.2) is 0 Å². The molecule has 0 aromatic carbocycles. The Labute approximate surface area is 83.3 Å². The van der Waals surface area contributed by atoms with E-state index in [0.29, 0.717) is 17.5 Å². The van der Waals surface area contributed by atoms with Crippen LogP contribution in [0, 0.1) is 0 Å². The number of hydrogen-bond acceptors (Lipinski definition) is 5. The first-order valence-corrected chi connectivity index (χ1v) is 4.78. The van der Waals surface area contributed by atoms with E-state index in [1.54, 1.807) is 0 Å². The van der Waals surface area contributed by atoms with E-state index >= 15 is 0 Å². The first-order chi connectivity index (χ1) is 5.95. The maximum absolute atomic E-state index is 5.68. The highest BCUT2D eigenvalue weighted by atomic mass is 32.1. The predicted molar refractivity (Wildman–Crippen MR) is 53.8 cm³/mol. The van der Waals surface area contributed by atoms with Gasteiger partial charge in [0, 0.05) is 11.2 Å². The predicted octanol–water partition coefficient (Wildman–Crippen LogP) is 1.30. The van der Waals surface area contributed by atoms with Crippen LogP contribution in [0.4, 0.5) is 0 Å². The van der Waals surface area contributed by atoms with Crippen molar-refractivity contribution in [2.45, 2.75) is 32.2 Å². The number of hydrogen-bond donors (Lipinski definition) is 2. The molecule has 0 aliphatic heterocycles. The summed E-state index contributed by atoms with van der Waals surface area (Å²) >= 11 is 4.06. The second-order valence-corrected chi connectivity index (χ2v) is 4.35. The molecule has 0 aliphatic carbocycles. The van der Waals surface area contributed by atoms with Gasteiger partial charge in [-0.3, -0.25) is 0 Å². The van der Waals surface area contributed by atoms with Gasteiger partial charge in [-0.25, -0.2) is 0 Å². The topological polar surface area (TPSA) is 64.9 Å².